The van der Waals surface area contributed by atoms with Crippen LogP contribution in [0, 0.1) is 0 Å². The summed E-state index contributed by atoms with van der Waals surface area (Å²) in [5.74, 6) is 2.10. The van der Waals surface area contributed by atoms with Crippen molar-refractivity contribution < 1.29 is 4.74 Å². The van der Waals surface area contributed by atoms with Crippen molar-refractivity contribution in [2.75, 3.05) is 30.8 Å². The summed E-state index contributed by atoms with van der Waals surface area (Å²) in [6.45, 7) is 1.50. The van der Waals surface area contributed by atoms with Gasteiger partial charge in [0.25, 0.3) is 0 Å². The summed E-state index contributed by atoms with van der Waals surface area (Å²) in [7, 11) is 1.67. The SMILES string of the molecule is COc1ccc(CCNc2cnnc(NCCc3c[nH]c4ccccc34)n2)cc1. The van der Waals surface area contributed by atoms with Gasteiger partial charge in [-0.15, -0.1) is 5.10 Å². The van der Waals surface area contributed by atoms with E-state index in [1.54, 1.807) is 13.3 Å². The predicted octanol–water partition coefficient (Wildman–Crippen LogP) is 3.67. The molecule has 3 N–H and O–H groups in total. The van der Waals surface area contributed by atoms with Gasteiger partial charge in [0.1, 0.15) is 5.75 Å². The number of anilines is 2. The summed E-state index contributed by atoms with van der Waals surface area (Å²) in [4.78, 5) is 7.79. The van der Waals surface area contributed by atoms with E-state index in [2.05, 4.69) is 67.3 Å². The normalized spacial score (nSPS) is 10.8. The second-order valence-electron chi connectivity index (χ2n) is 6.73. The van der Waals surface area contributed by atoms with Gasteiger partial charge in [-0.3, -0.25) is 0 Å². The number of hydrogen-bond donors (Lipinski definition) is 3. The Hall–Kier alpha value is -3.61. The molecular weight excluding hydrogens is 364 g/mol. The fourth-order valence-electron chi connectivity index (χ4n) is 3.24. The van der Waals surface area contributed by atoms with Crippen LogP contribution in [0.4, 0.5) is 11.8 Å². The molecule has 0 aliphatic heterocycles. The van der Waals surface area contributed by atoms with Gasteiger partial charge in [0, 0.05) is 30.2 Å². The predicted molar refractivity (Wildman–Crippen MR) is 116 cm³/mol. The Balaban J connectivity index is 1.27. The molecule has 0 aliphatic carbocycles. The third-order valence-corrected chi connectivity index (χ3v) is 4.79. The second kappa shape index (κ2) is 9.05. The number of rotatable bonds is 9. The Kier molecular flexibility index (Phi) is 5.85. The van der Waals surface area contributed by atoms with Crippen LogP contribution in [0.15, 0.2) is 60.9 Å². The van der Waals surface area contributed by atoms with Gasteiger partial charge in [0.05, 0.1) is 13.3 Å². The van der Waals surface area contributed by atoms with Gasteiger partial charge in [-0.25, -0.2) is 0 Å². The maximum absolute atomic E-state index is 5.18. The summed E-state index contributed by atoms with van der Waals surface area (Å²) >= 11 is 0. The zero-order valence-electron chi connectivity index (χ0n) is 16.4. The van der Waals surface area contributed by atoms with Crippen molar-refractivity contribution in [1.29, 1.82) is 0 Å². The van der Waals surface area contributed by atoms with E-state index >= 15 is 0 Å². The number of hydrogen-bond acceptors (Lipinski definition) is 6. The smallest absolute Gasteiger partial charge is 0.244 e. The molecule has 4 rings (SSSR count). The number of nitrogens with zero attached hydrogens (tertiary/aromatic N) is 3. The minimum Gasteiger partial charge on any atom is -0.497 e. The average molecular weight is 388 g/mol. The molecule has 0 radical (unpaired) electrons. The fraction of sp³-hybridized carbons (Fsp3) is 0.227. The number of methoxy groups -OCH3 is 1. The van der Waals surface area contributed by atoms with Gasteiger partial charge in [0.2, 0.25) is 5.95 Å². The first kappa shape index (κ1) is 18.7. The van der Waals surface area contributed by atoms with Crippen molar-refractivity contribution in [3.8, 4) is 5.75 Å². The Labute approximate surface area is 169 Å². The van der Waals surface area contributed by atoms with Crippen LogP contribution in [0.3, 0.4) is 0 Å². The zero-order valence-corrected chi connectivity index (χ0v) is 16.4. The van der Waals surface area contributed by atoms with Crippen molar-refractivity contribution in [3.63, 3.8) is 0 Å². The number of ether oxygens (including phenoxy) is 1. The molecule has 2 aromatic heterocycles. The fourth-order valence-corrected chi connectivity index (χ4v) is 3.24. The number of para-hydroxylation sites is 1. The van der Waals surface area contributed by atoms with Crippen LogP contribution in [-0.2, 0) is 12.8 Å². The molecule has 0 aliphatic rings. The lowest BCUT2D eigenvalue weighted by Gasteiger charge is -2.08. The number of fused-ring (bicyclic) bond motifs is 1. The lowest BCUT2D eigenvalue weighted by molar-refractivity contribution is 0.414. The van der Waals surface area contributed by atoms with E-state index in [4.69, 9.17) is 4.74 Å². The minimum absolute atomic E-state index is 0.527. The van der Waals surface area contributed by atoms with Crippen LogP contribution in [-0.4, -0.2) is 40.4 Å². The number of nitrogens with one attached hydrogen (secondary N) is 3. The van der Waals surface area contributed by atoms with Crippen LogP contribution in [0.2, 0.25) is 0 Å². The minimum atomic E-state index is 0.527. The molecule has 148 valence electrons. The van der Waals surface area contributed by atoms with Gasteiger partial charge in [-0.05, 0) is 42.2 Å². The lowest BCUT2D eigenvalue weighted by Crippen LogP contribution is -2.11. The van der Waals surface area contributed by atoms with Gasteiger partial charge >= 0.3 is 0 Å². The molecule has 0 fully saturated rings. The summed E-state index contributed by atoms with van der Waals surface area (Å²) in [6.07, 6.45) is 5.46. The molecule has 0 bridgehead atoms. The van der Waals surface area contributed by atoms with E-state index < -0.39 is 0 Å². The van der Waals surface area contributed by atoms with E-state index in [1.165, 1.54) is 16.5 Å². The molecule has 7 heteroatoms. The molecular formula is C22H24N6O. The molecule has 4 aromatic rings. The number of aromatic nitrogens is 4. The summed E-state index contributed by atoms with van der Waals surface area (Å²) in [5.41, 5.74) is 3.66. The second-order valence-corrected chi connectivity index (χ2v) is 6.73. The summed E-state index contributed by atoms with van der Waals surface area (Å²) in [5, 5.41) is 15.9. The highest BCUT2D eigenvalue weighted by Gasteiger charge is 2.04. The molecule has 0 spiro atoms. The van der Waals surface area contributed by atoms with Gasteiger partial charge in [0.15, 0.2) is 5.82 Å². The highest BCUT2D eigenvalue weighted by atomic mass is 16.5. The lowest BCUT2D eigenvalue weighted by atomic mass is 10.1. The topological polar surface area (TPSA) is 87.8 Å². The van der Waals surface area contributed by atoms with Crippen molar-refractivity contribution >= 4 is 22.7 Å². The highest BCUT2D eigenvalue weighted by molar-refractivity contribution is 5.83. The van der Waals surface area contributed by atoms with Crippen LogP contribution < -0.4 is 15.4 Å². The van der Waals surface area contributed by atoms with Gasteiger partial charge in [-0.1, -0.05) is 30.3 Å². The van der Waals surface area contributed by atoms with E-state index in [-0.39, 0.29) is 0 Å². The Morgan fingerprint density at radius 1 is 0.966 bits per heavy atom. The monoisotopic (exact) mass is 388 g/mol. The Morgan fingerprint density at radius 2 is 1.79 bits per heavy atom. The third kappa shape index (κ3) is 4.82. The molecule has 7 nitrogen and oxygen atoms in total. The van der Waals surface area contributed by atoms with Crippen molar-refractivity contribution in [2.45, 2.75) is 12.8 Å². The van der Waals surface area contributed by atoms with Crippen LogP contribution >= 0.6 is 0 Å². The quantitative estimate of drug-likeness (QED) is 0.405. The first-order valence-corrected chi connectivity index (χ1v) is 9.67. The van der Waals surface area contributed by atoms with Gasteiger partial charge < -0.3 is 20.4 Å². The first-order valence-electron chi connectivity index (χ1n) is 9.67. The van der Waals surface area contributed by atoms with E-state index in [9.17, 15) is 0 Å². The maximum atomic E-state index is 5.18. The third-order valence-electron chi connectivity index (χ3n) is 4.79. The van der Waals surface area contributed by atoms with Crippen LogP contribution in [0.1, 0.15) is 11.1 Å². The van der Waals surface area contributed by atoms with E-state index in [1.807, 2.05) is 18.2 Å². The van der Waals surface area contributed by atoms with Crippen LogP contribution in [0.25, 0.3) is 10.9 Å². The number of H-pyrrole nitrogens is 1. The number of aromatic amines is 1. The molecule has 2 aromatic carbocycles. The van der Waals surface area contributed by atoms with E-state index in [0.717, 1.165) is 37.2 Å². The summed E-state index contributed by atoms with van der Waals surface area (Å²) in [6, 6.07) is 16.4. The van der Waals surface area contributed by atoms with Crippen molar-refractivity contribution in [1.82, 2.24) is 20.2 Å². The molecule has 0 unspecified atom stereocenters. The number of benzene rings is 2. The largest absolute Gasteiger partial charge is 0.497 e. The Morgan fingerprint density at radius 3 is 2.66 bits per heavy atom. The van der Waals surface area contributed by atoms with E-state index in [0.29, 0.717) is 11.8 Å². The Bertz CT molecular complexity index is 1060. The molecule has 29 heavy (non-hydrogen) atoms. The van der Waals surface area contributed by atoms with Crippen LogP contribution in [0.5, 0.6) is 5.75 Å². The van der Waals surface area contributed by atoms with Gasteiger partial charge in [-0.2, -0.15) is 10.1 Å². The zero-order chi connectivity index (χ0) is 19.9. The highest BCUT2D eigenvalue weighted by Crippen LogP contribution is 2.18. The van der Waals surface area contributed by atoms with Crippen molar-refractivity contribution in [3.05, 3.63) is 72.1 Å². The molecule has 0 saturated heterocycles. The molecule has 0 atom stereocenters. The molecule has 0 amide bonds. The molecule has 2 heterocycles. The first-order chi connectivity index (χ1) is 14.3. The summed E-state index contributed by atoms with van der Waals surface area (Å²) < 4.78 is 5.18. The average Bonchev–Trinajstić information content (AvgIpc) is 3.18. The molecule has 0 saturated carbocycles. The maximum Gasteiger partial charge on any atom is 0.244 e. The van der Waals surface area contributed by atoms with Crippen molar-refractivity contribution in [2.24, 2.45) is 0 Å². The standard InChI is InChI=1S/C22H24N6O/c1-29-18-8-6-16(7-9-18)10-12-23-21-15-26-28-22(27-21)24-13-11-17-14-25-20-5-3-2-4-19(17)20/h2-9,14-15,25H,10-13H2,1H3,(H2,23,24,27,28).